The lowest BCUT2D eigenvalue weighted by Crippen LogP contribution is -2.38. The number of ether oxygens (including phenoxy) is 2. The van der Waals surface area contributed by atoms with E-state index in [4.69, 9.17) is 10.5 Å². The Labute approximate surface area is 224 Å². The number of anilines is 2. The minimum absolute atomic E-state index is 0.0969. The van der Waals surface area contributed by atoms with Gasteiger partial charge < -0.3 is 25.4 Å². The van der Waals surface area contributed by atoms with Gasteiger partial charge in [0.05, 0.1) is 20.3 Å². The number of amidine groups is 1. The summed E-state index contributed by atoms with van der Waals surface area (Å²) in [6.45, 7) is 8.43. The van der Waals surface area contributed by atoms with Gasteiger partial charge >= 0.3 is 12.1 Å². The fourth-order valence-electron chi connectivity index (χ4n) is 3.54. The first-order chi connectivity index (χ1) is 18.2. The predicted molar refractivity (Wildman–Crippen MR) is 149 cm³/mol. The largest absolute Gasteiger partial charge is 0.469 e. The molecule has 3 N–H and O–H groups in total. The number of amides is 2. The van der Waals surface area contributed by atoms with Crippen molar-refractivity contribution in [3.8, 4) is 11.8 Å². The van der Waals surface area contributed by atoms with Gasteiger partial charge in [0.25, 0.3) is 0 Å². The zero-order valence-corrected chi connectivity index (χ0v) is 22.7. The molecule has 2 aromatic carbocycles. The minimum Gasteiger partial charge on any atom is -0.469 e. The zero-order valence-electron chi connectivity index (χ0n) is 22.7. The van der Waals surface area contributed by atoms with Gasteiger partial charge in [0.2, 0.25) is 5.91 Å². The van der Waals surface area contributed by atoms with E-state index in [1.165, 1.54) is 7.11 Å². The molecule has 38 heavy (non-hydrogen) atoms. The summed E-state index contributed by atoms with van der Waals surface area (Å²) in [4.78, 5) is 41.3. The molecular weight excluding hydrogens is 484 g/mol. The summed E-state index contributed by atoms with van der Waals surface area (Å²) < 4.78 is 9.63. The number of unbranched alkanes of at least 4 members (excludes halogenated alkanes) is 1. The van der Waals surface area contributed by atoms with Crippen LogP contribution in [-0.2, 0) is 19.1 Å². The maximum Gasteiger partial charge on any atom is 0.435 e. The quantitative estimate of drug-likeness (QED) is 0.119. The molecule has 0 bridgehead atoms. The second kappa shape index (κ2) is 15.1. The van der Waals surface area contributed by atoms with Crippen LogP contribution in [-0.4, -0.2) is 50.1 Å². The second-order valence-electron chi connectivity index (χ2n) is 8.81. The van der Waals surface area contributed by atoms with Crippen LogP contribution in [0.25, 0.3) is 0 Å². The van der Waals surface area contributed by atoms with Gasteiger partial charge in [-0.05, 0) is 75.2 Å². The van der Waals surface area contributed by atoms with Crippen molar-refractivity contribution in [2.24, 2.45) is 10.7 Å². The summed E-state index contributed by atoms with van der Waals surface area (Å²) in [5.74, 6) is 5.41. The summed E-state index contributed by atoms with van der Waals surface area (Å²) in [7, 11) is 1.26. The molecule has 0 atom stereocenters. The van der Waals surface area contributed by atoms with Crippen molar-refractivity contribution >= 4 is 35.2 Å². The Morgan fingerprint density at radius 3 is 2.45 bits per heavy atom. The van der Waals surface area contributed by atoms with Crippen LogP contribution in [0.2, 0.25) is 0 Å². The van der Waals surface area contributed by atoms with Crippen molar-refractivity contribution in [2.75, 3.05) is 30.5 Å². The molecule has 9 heteroatoms. The van der Waals surface area contributed by atoms with Gasteiger partial charge in [0.1, 0.15) is 12.3 Å². The van der Waals surface area contributed by atoms with Crippen molar-refractivity contribution in [3.05, 3.63) is 59.2 Å². The maximum absolute atomic E-state index is 12.6. The van der Waals surface area contributed by atoms with Crippen molar-refractivity contribution in [1.29, 1.82) is 0 Å². The van der Waals surface area contributed by atoms with Gasteiger partial charge in [0.15, 0.2) is 0 Å². The molecule has 202 valence electrons. The molecule has 0 saturated carbocycles. The summed E-state index contributed by atoms with van der Waals surface area (Å²) in [5, 5.41) is 3.21. The van der Waals surface area contributed by atoms with E-state index in [1.54, 1.807) is 17.0 Å². The van der Waals surface area contributed by atoms with Crippen LogP contribution in [0.3, 0.4) is 0 Å². The molecular formula is C29H36N4O5. The van der Waals surface area contributed by atoms with Crippen LogP contribution in [0.15, 0.2) is 47.5 Å². The van der Waals surface area contributed by atoms with E-state index in [9.17, 15) is 14.4 Å². The van der Waals surface area contributed by atoms with Crippen LogP contribution < -0.4 is 16.0 Å². The second-order valence-corrected chi connectivity index (χ2v) is 8.81. The molecule has 0 saturated heterocycles. The normalized spacial score (nSPS) is 10.8. The molecule has 0 aliphatic rings. The van der Waals surface area contributed by atoms with Gasteiger partial charge in [-0.3, -0.25) is 9.59 Å². The van der Waals surface area contributed by atoms with Crippen molar-refractivity contribution in [3.63, 3.8) is 0 Å². The number of benzene rings is 2. The number of methoxy groups -OCH3 is 1. The number of nitrogens with one attached hydrogen (secondary N) is 1. The first kappa shape index (κ1) is 29.9. The molecule has 0 heterocycles. The Balaban J connectivity index is 1.98. The highest BCUT2D eigenvalue weighted by atomic mass is 16.5. The van der Waals surface area contributed by atoms with Crippen molar-refractivity contribution in [2.45, 2.75) is 53.0 Å². The Morgan fingerprint density at radius 1 is 1.13 bits per heavy atom. The summed E-state index contributed by atoms with van der Waals surface area (Å²) in [6, 6.07) is 12.6. The topological polar surface area (TPSA) is 123 Å². The third-order valence-electron chi connectivity index (χ3n) is 5.49. The average molecular weight is 521 g/mol. The molecule has 0 aliphatic carbocycles. The maximum atomic E-state index is 12.6. The Kier molecular flexibility index (Phi) is 11.8. The van der Waals surface area contributed by atoms with Crippen molar-refractivity contribution < 1.29 is 23.9 Å². The lowest BCUT2D eigenvalue weighted by atomic mass is 10.1. The molecule has 0 aromatic heterocycles. The zero-order chi connectivity index (χ0) is 28.1. The van der Waals surface area contributed by atoms with E-state index in [0.717, 1.165) is 35.3 Å². The number of hydrogen-bond donors (Lipinski definition) is 2. The van der Waals surface area contributed by atoms with E-state index in [2.05, 4.69) is 26.9 Å². The number of carbonyl (C=O) groups is 3. The van der Waals surface area contributed by atoms with E-state index >= 15 is 0 Å². The van der Waals surface area contributed by atoms with Crippen LogP contribution in [0.1, 0.15) is 56.7 Å². The number of carbonyl (C=O) groups excluding carboxylic acids is 3. The average Bonchev–Trinajstić information content (AvgIpc) is 2.88. The molecule has 2 rings (SSSR count). The van der Waals surface area contributed by atoms with Gasteiger partial charge in [0, 0.05) is 28.5 Å². The number of nitrogens with two attached hydrogens (primary N) is 1. The number of aliphatic imine (C=N–C) groups is 1. The third kappa shape index (κ3) is 9.28. The fraction of sp³-hybridized carbons (Fsp3) is 0.379. The van der Waals surface area contributed by atoms with E-state index in [-0.39, 0.29) is 24.2 Å². The molecule has 2 amide bonds. The summed E-state index contributed by atoms with van der Waals surface area (Å²) in [6.07, 6.45) is 0.705. The van der Waals surface area contributed by atoms with Gasteiger partial charge in [-0.2, -0.15) is 4.99 Å². The van der Waals surface area contributed by atoms with E-state index < -0.39 is 12.1 Å². The molecule has 9 nitrogen and oxygen atoms in total. The first-order valence-corrected chi connectivity index (χ1v) is 12.5. The standard InChI is InChI=1S/C29H36N4O5/c1-6-7-17-38-29(36)32-28(30)23-11-13-24(14-12-23)31-16-8-9-22-10-15-25(21(4)18-22)33(20(2)3)26(34)19-27(35)37-5/h10-15,18,20,31H,6-7,16-17,19H2,1-5H3,(H2,30,32,36). The van der Waals surface area contributed by atoms with Crippen molar-refractivity contribution in [1.82, 2.24) is 0 Å². The number of rotatable bonds is 10. The van der Waals surface area contributed by atoms with Gasteiger partial charge in [-0.25, -0.2) is 4.79 Å². The smallest absolute Gasteiger partial charge is 0.435 e. The molecule has 0 aliphatic heterocycles. The first-order valence-electron chi connectivity index (χ1n) is 12.5. The third-order valence-corrected chi connectivity index (χ3v) is 5.49. The molecule has 0 spiro atoms. The highest BCUT2D eigenvalue weighted by molar-refractivity contribution is 6.04. The van der Waals surface area contributed by atoms with Crippen LogP contribution in [0, 0.1) is 18.8 Å². The number of esters is 1. The summed E-state index contributed by atoms with van der Waals surface area (Å²) >= 11 is 0. The number of hydrogen-bond acceptors (Lipinski definition) is 6. The predicted octanol–water partition coefficient (Wildman–Crippen LogP) is 4.41. The monoisotopic (exact) mass is 520 g/mol. The lowest BCUT2D eigenvalue weighted by Gasteiger charge is -2.28. The number of nitrogens with zero attached hydrogens (tertiary/aromatic N) is 2. The Morgan fingerprint density at radius 2 is 1.84 bits per heavy atom. The van der Waals surface area contributed by atoms with Gasteiger partial charge in [-0.1, -0.05) is 25.2 Å². The van der Waals surface area contributed by atoms with Gasteiger partial charge in [-0.15, -0.1) is 0 Å². The van der Waals surface area contributed by atoms with Crippen LogP contribution in [0.4, 0.5) is 16.2 Å². The summed E-state index contributed by atoms with van der Waals surface area (Å²) in [5.41, 5.74) is 9.77. The molecule has 0 radical (unpaired) electrons. The Hall–Kier alpha value is -4.32. The van der Waals surface area contributed by atoms with E-state index in [0.29, 0.717) is 18.7 Å². The Bertz CT molecular complexity index is 1210. The minimum atomic E-state index is -0.693. The van der Waals surface area contributed by atoms with Crippen LogP contribution >= 0.6 is 0 Å². The molecule has 0 fully saturated rings. The highest BCUT2D eigenvalue weighted by Gasteiger charge is 2.23. The fourth-order valence-corrected chi connectivity index (χ4v) is 3.54. The molecule has 0 unspecified atom stereocenters. The number of aryl methyl sites for hydroxylation is 1. The SMILES string of the molecule is CCCCOC(=O)N=C(N)c1ccc(NCC#Cc2ccc(N(C(=O)CC(=O)OC)C(C)C)c(C)c2)cc1. The lowest BCUT2D eigenvalue weighted by molar-refractivity contribution is -0.143. The molecule has 2 aromatic rings. The highest BCUT2D eigenvalue weighted by Crippen LogP contribution is 2.24. The van der Waals surface area contributed by atoms with Crippen LogP contribution in [0.5, 0.6) is 0 Å². The van der Waals surface area contributed by atoms with E-state index in [1.807, 2.05) is 58.0 Å².